The van der Waals surface area contributed by atoms with Crippen LogP contribution in [0.2, 0.25) is 5.02 Å². The Morgan fingerprint density at radius 2 is 1.91 bits per heavy atom. The van der Waals surface area contributed by atoms with Crippen molar-refractivity contribution < 1.29 is 9.53 Å². The van der Waals surface area contributed by atoms with E-state index in [2.05, 4.69) is 26.0 Å². The van der Waals surface area contributed by atoms with Gasteiger partial charge in [-0.3, -0.25) is 0 Å². The number of urea groups is 1. The predicted octanol–water partition coefficient (Wildman–Crippen LogP) is 4.05. The van der Waals surface area contributed by atoms with Gasteiger partial charge in [-0.25, -0.2) is 19.4 Å². The zero-order chi connectivity index (χ0) is 23.4. The molecule has 1 aliphatic rings. The summed E-state index contributed by atoms with van der Waals surface area (Å²) in [4.78, 5) is 21.4. The van der Waals surface area contributed by atoms with Crippen LogP contribution in [-0.2, 0) is 11.3 Å². The highest BCUT2D eigenvalue weighted by molar-refractivity contribution is 6.32. The second-order valence-electron chi connectivity index (χ2n) is 8.63. The number of methoxy groups -OCH3 is 1. The van der Waals surface area contributed by atoms with E-state index in [0.29, 0.717) is 23.1 Å². The number of ether oxygens (including phenoxy) is 1. The summed E-state index contributed by atoms with van der Waals surface area (Å²) in [5.74, 6) is 1.31. The average molecular weight is 472 g/mol. The average Bonchev–Trinajstić information content (AvgIpc) is 3.19. The van der Waals surface area contributed by atoms with Gasteiger partial charge in [-0.2, -0.15) is 5.10 Å². The van der Waals surface area contributed by atoms with E-state index in [1.54, 1.807) is 18.0 Å². The third-order valence-corrected chi connectivity index (χ3v) is 5.97. The molecule has 4 rings (SSSR count). The maximum absolute atomic E-state index is 12.0. The molecule has 0 spiro atoms. The number of carbonyl (C=O) groups is 1. The van der Waals surface area contributed by atoms with Crippen molar-refractivity contribution in [3.63, 3.8) is 0 Å². The van der Waals surface area contributed by atoms with Crippen molar-refractivity contribution in [2.24, 2.45) is 0 Å². The summed E-state index contributed by atoms with van der Waals surface area (Å²) in [7, 11) is 1.62. The van der Waals surface area contributed by atoms with E-state index >= 15 is 0 Å². The molecule has 1 saturated carbocycles. The molecule has 1 aromatic carbocycles. The number of rotatable bonds is 7. The number of anilines is 1. The number of para-hydroxylation sites is 1. The van der Waals surface area contributed by atoms with Crippen LogP contribution in [0, 0.1) is 0 Å². The molecule has 1 fully saturated rings. The van der Waals surface area contributed by atoms with E-state index in [9.17, 15) is 4.79 Å². The monoisotopic (exact) mass is 471 g/mol. The molecule has 0 bridgehead atoms. The zero-order valence-electron chi connectivity index (χ0n) is 19.1. The van der Waals surface area contributed by atoms with Gasteiger partial charge in [-0.05, 0) is 51.7 Å². The lowest BCUT2D eigenvalue weighted by atomic mass is 9.91. The van der Waals surface area contributed by atoms with Gasteiger partial charge in [0.15, 0.2) is 11.5 Å². The minimum atomic E-state index is -0.102. The number of halogens is 1. The minimum Gasteiger partial charge on any atom is -0.377 e. The molecule has 2 aromatic heterocycles. The Morgan fingerprint density at radius 3 is 2.61 bits per heavy atom. The van der Waals surface area contributed by atoms with Crippen molar-refractivity contribution in [3.05, 3.63) is 41.3 Å². The summed E-state index contributed by atoms with van der Waals surface area (Å²) in [5, 5.41) is 15.5. The summed E-state index contributed by atoms with van der Waals surface area (Å²) in [6.07, 6.45) is 5.43. The number of fused-ring (bicyclic) bond motifs is 1. The molecule has 3 N–H and O–H groups in total. The predicted molar refractivity (Wildman–Crippen MR) is 129 cm³/mol. The third-order valence-electron chi connectivity index (χ3n) is 5.65. The molecule has 0 unspecified atom stereocenters. The molecular weight excluding hydrogens is 442 g/mol. The first-order valence-corrected chi connectivity index (χ1v) is 11.6. The van der Waals surface area contributed by atoms with E-state index in [-0.39, 0.29) is 24.2 Å². The fourth-order valence-electron chi connectivity index (χ4n) is 4.12. The van der Waals surface area contributed by atoms with Gasteiger partial charge in [-0.15, -0.1) is 0 Å². The number of nitrogens with zero attached hydrogens (tertiary/aromatic N) is 4. The van der Waals surface area contributed by atoms with Gasteiger partial charge in [0.1, 0.15) is 12.4 Å². The van der Waals surface area contributed by atoms with E-state index in [4.69, 9.17) is 21.3 Å². The van der Waals surface area contributed by atoms with Gasteiger partial charge in [-0.1, -0.05) is 23.7 Å². The lowest BCUT2D eigenvalue weighted by molar-refractivity contribution is 0.178. The molecule has 2 amide bonds. The van der Waals surface area contributed by atoms with Gasteiger partial charge >= 0.3 is 6.03 Å². The van der Waals surface area contributed by atoms with Crippen LogP contribution in [0.3, 0.4) is 0 Å². The largest absolute Gasteiger partial charge is 0.377 e. The Balaban J connectivity index is 1.52. The maximum atomic E-state index is 12.0. The van der Waals surface area contributed by atoms with Crippen molar-refractivity contribution in [3.8, 4) is 5.69 Å². The number of aromatic nitrogens is 4. The Hall–Kier alpha value is -2.91. The van der Waals surface area contributed by atoms with E-state index in [1.807, 2.05) is 38.1 Å². The number of amides is 2. The molecule has 176 valence electrons. The summed E-state index contributed by atoms with van der Waals surface area (Å²) < 4.78 is 7.03. The minimum absolute atomic E-state index is 0.102. The van der Waals surface area contributed by atoms with Crippen molar-refractivity contribution >= 4 is 34.5 Å². The number of benzene rings is 1. The highest BCUT2D eigenvalue weighted by atomic mass is 35.5. The standard InChI is InChI=1S/C23H30ClN7O2/c1-14(2)26-23(32)28-16-10-8-15(9-11-16)27-21-17-12-25-31(19-7-5-4-6-18(19)24)22(17)30-20(29-21)13-33-3/h4-7,12,14-16H,8-11,13H2,1-3H3,(H2,26,28,32)(H,27,29,30). The quantitative estimate of drug-likeness (QED) is 0.480. The number of carbonyl (C=O) groups excluding carboxylic acids is 1. The molecule has 0 atom stereocenters. The lowest BCUT2D eigenvalue weighted by Gasteiger charge is -2.30. The molecule has 0 saturated heterocycles. The highest BCUT2D eigenvalue weighted by Crippen LogP contribution is 2.29. The maximum Gasteiger partial charge on any atom is 0.315 e. The van der Waals surface area contributed by atoms with Crippen molar-refractivity contribution in [1.29, 1.82) is 0 Å². The second-order valence-corrected chi connectivity index (χ2v) is 9.04. The first kappa shape index (κ1) is 23.3. The fourth-order valence-corrected chi connectivity index (χ4v) is 4.34. The van der Waals surface area contributed by atoms with Gasteiger partial charge in [0.2, 0.25) is 0 Å². The number of hydrogen-bond acceptors (Lipinski definition) is 6. The molecule has 33 heavy (non-hydrogen) atoms. The molecule has 0 radical (unpaired) electrons. The smallest absolute Gasteiger partial charge is 0.315 e. The van der Waals surface area contributed by atoms with Crippen LogP contribution in [0.5, 0.6) is 0 Å². The van der Waals surface area contributed by atoms with Crippen molar-refractivity contribution in [2.75, 3.05) is 12.4 Å². The van der Waals surface area contributed by atoms with Gasteiger partial charge in [0.25, 0.3) is 0 Å². The van der Waals surface area contributed by atoms with Crippen LogP contribution >= 0.6 is 11.6 Å². The zero-order valence-corrected chi connectivity index (χ0v) is 19.9. The molecule has 9 nitrogen and oxygen atoms in total. The molecule has 0 aliphatic heterocycles. The van der Waals surface area contributed by atoms with Crippen molar-refractivity contribution in [2.45, 2.75) is 64.3 Å². The summed E-state index contributed by atoms with van der Waals surface area (Å²) in [6, 6.07) is 7.98. The Morgan fingerprint density at radius 1 is 1.18 bits per heavy atom. The number of nitrogens with one attached hydrogen (secondary N) is 3. The summed E-state index contributed by atoms with van der Waals surface area (Å²) in [5.41, 5.74) is 1.43. The second kappa shape index (κ2) is 10.4. The van der Waals surface area contributed by atoms with Gasteiger partial charge in [0.05, 0.1) is 22.3 Å². The van der Waals surface area contributed by atoms with E-state index < -0.39 is 0 Å². The molecule has 2 heterocycles. The van der Waals surface area contributed by atoms with Crippen LogP contribution < -0.4 is 16.0 Å². The molecule has 1 aliphatic carbocycles. The van der Waals surface area contributed by atoms with Crippen LogP contribution in [0.4, 0.5) is 10.6 Å². The van der Waals surface area contributed by atoms with Crippen LogP contribution in [0.25, 0.3) is 16.7 Å². The Bertz CT molecular complexity index is 1110. The topological polar surface area (TPSA) is 106 Å². The Kier molecular flexibility index (Phi) is 7.29. The Labute approximate surface area is 198 Å². The van der Waals surface area contributed by atoms with E-state index in [1.165, 1.54) is 0 Å². The molecule has 10 heteroatoms. The lowest BCUT2D eigenvalue weighted by Crippen LogP contribution is -2.46. The van der Waals surface area contributed by atoms with Crippen molar-refractivity contribution in [1.82, 2.24) is 30.4 Å². The van der Waals surface area contributed by atoms with Gasteiger partial charge in [0, 0.05) is 25.2 Å². The van der Waals surface area contributed by atoms with Crippen LogP contribution in [0.1, 0.15) is 45.4 Å². The summed E-state index contributed by atoms with van der Waals surface area (Å²) >= 11 is 6.41. The normalized spacial score (nSPS) is 18.5. The first-order valence-electron chi connectivity index (χ1n) is 11.3. The fraction of sp³-hybridized carbons (Fsp3) is 0.478. The third kappa shape index (κ3) is 5.54. The van der Waals surface area contributed by atoms with Gasteiger partial charge < -0.3 is 20.7 Å². The molecule has 3 aromatic rings. The molecular formula is C23H30ClN7O2. The van der Waals surface area contributed by atoms with Crippen LogP contribution in [-0.4, -0.2) is 51.0 Å². The SMILES string of the molecule is COCc1nc(NC2CCC(NC(=O)NC(C)C)CC2)c2cnn(-c3ccccc3Cl)c2n1. The van der Waals surface area contributed by atoms with Crippen LogP contribution in [0.15, 0.2) is 30.5 Å². The summed E-state index contributed by atoms with van der Waals surface area (Å²) in [6.45, 7) is 4.20. The first-order chi connectivity index (χ1) is 15.9. The van der Waals surface area contributed by atoms with E-state index in [0.717, 1.165) is 42.6 Å². The highest BCUT2D eigenvalue weighted by Gasteiger charge is 2.24. The number of hydrogen-bond donors (Lipinski definition) is 3.